The first-order valence-electron chi connectivity index (χ1n) is 23.8. The van der Waals surface area contributed by atoms with E-state index in [2.05, 4.69) is 55.2 Å². The van der Waals surface area contributed by atoms with Crippen molar-refractivity contribution >= 4 is 27.7 Å². The highest BCUT2D eigenvalue weighted by Crippen LogP contribution is 2.21. The van der Waals surface area contributed by atoms with Crippen LogP contribution in [0.4, 0.5) is 5.69 Å². The van der Waals surface area contributed by atoms with Crippen LogP contribution in [0.3, 0.4) is 0 Å². The Hall–Kier alpha value is -2.07. The Bertz CT molecular complexity index is 1230. The first-order chi connectivity index (χ1) is 26.9. The number of hydrogen-bond acceptors (Lipinski definition) is 3. The standard InChI is InChI=1S/C51H87NO2S/c1-4-6-8-10-12-14-16-18-20-22-24-26-28-30-32-34-46-52(47-35-33-31-29-27-25-23-21-19-17-15-13-11-9-7-5-2)50-42-38-48(39-43-50)36-37-49-40-44-51(45-41-49)55(3,53)54/h36-45H,4-35,46-47H2,1-3H3. The van der Waals surface area contributed by atoms with E-state index in [1.165, 1.54) is 223 Å². The molecule has 55 heavy (non-hydrogen) atoms. The zero-order chi connectivity index (χ0) is 39.5. The molecular weight excluding hydrogens is 691 g/mol. The number of hydrogen-bond donors (Lipinski definition) is 0. The molecule has 0 saturated carbocycles. The van der Waals surface area contributed by atoms with Gasteiger partial charge >= 0.3 is 0 Å². The van der Waals surface area contributed by atoms with Crippen LogP contribution in [0, 0.1) is 0 Å². The predicted molar refractivity (Wildman–Crippen MR) is 246 cm³/mol. The molecule has 0 aliphatic heterocycles. The van der Waals surface area contributed by atoms with E-state index >= 15 is 0 Å². The second-order valence-electron chi connectivity index (χ2n) is 16.9. The van der Waals surface area contributed by atoms with Crippen molar-refractivity contribution in [1.82, 2.24) is 0 Å². The van der Waals surface area contributed by atoms with Gasteiger partial charge in [-0.1, -0.05) is 243 Å². The largest absolute Gasteiger partial charge is 0.372 e. The van der Waals surface area contributed by atoms with Gasteiger partial charge in [-0.05, 0) is 48.2 Å². The Morgan fingerprint density at radius 2 is 0.636 bits per heavy atom. The van der Waals surface area contributed by atoms with Crippen LogP contribution in [0.5, 0.6) is 0 Å². The molecule has 2 rings (SSSR count). The van der Waals surface area contributed by atoms with Gasteiger partial charge in [0.1, 0.15) is 0 Å². The molecule has 2 aromatic rings. The van der Waals surface area contributed by atoms with E-state index < -0.39 is 9.84 Å². The lowest BCUT2D eigenvalue weighted by Gasteiger charge is -2.25. The molecule has 3 nitrogen and oxygen atoms in total. The van der Waals surface area contributed by atoms with Crippen molar-refractivity contribution in [2.75, 3.05) is 24.2 Å². The smallest absolute Gasteiger partial charge is 0.175 e. The highest BCUT2D eigenvalue weighted by molar-refractivity contribution is 7.90. The first kappa shape index (κ1) is 49.1. The second-order valence-corrected chi connectivity index (χ2v) is 18.9. The third-order valence-corrected chi connectivity index (χ3v) is 12.7. The minimum Gasteiger partial charge on any atom is -0.372 e. The average molecular weight is 778 g/mol. The van der Waals surface area contributed by atoms with Gasteiger partial charge in [0, 0.05) is 25.0 Å². The maximum Gasteiger partial charge on any atom is 0.175 e. The van der Waals surface area contributed by atoms with Gasteiger partial charge in [-0.25, -0.2) is 8.42 Å². The summed E-state index contributed by atoms with van der Waals surface area (Å²) in [5.74, 6) is 0. The van der Waals surface area contributed by atoms with E-state index in [0.717, 1.165) is 18.7 Å². The zero-order valence-electron chi connectivity index (χ0n) is 36.5. The highest BCUT2D eigenvalue weighted by Gasteiger charge is 2.08. The Morgan fingerprint density at radius 1 is 0.382 bits per heavy atom. The molecule has 4 heteroatoms. The number of unbranched alkanes of at least 4 members (excludes halogenated alkanes) is 30. The fourth-order valence-corrected chi connectivity index (χ4v) is 8.52. The lowest BCUT2D eigenvalue weighted by Crippen LogP contribution is -2.25. The molecule has 0 amide bonds. The van der Waals surface area contributed by atoms with E-state index in [1.54, 1.807) is 12.1 Å². The highest BCUT2D eigenvalue weighted by atomic mass is 32.2. The maximum atomic E-state index is 11.8. The van der Waals surface area contributed by atoms with E-state index in [1.807, 2.05) is 12.1 Å². The van der Waals surface area contributed by atoms with E-state index in [9.17, 15) is 8.42 Å². The van der Waals surface area contributed by atoms with Crippen LogP contribution in [0.2, 0.25) is 0 Å². The van der Waals surface area contributed by atoms with Crippen molar-refractivity contribution in [3.8, 4) is 0 Å². The Kier molecular flexibility index (Phi) is 30.4. The summed E-state index contributed by atoms with van der Waals surface area (Å²) < 4.78 is 23.6. The molecule has 2 aromatic carbocycles. The van der Waals surface area contributed by atoms with Gasteiger partial charge in [-0.15, -0.1) is 0 Å². The average Bonchev–Trinajstić information content (AvgIpc) is 3.19. The molecule has 0 aliphatic carbocycles. The van der Waals surface area contributed by atoms with Crippen LogP contribution < -0.4 is 4.90 Å². The summed E-state index contributed by atoms with van der Waals surface area (Å²) in [5.41, 5.74) is 3.52. The number of sulfone groups is 1. The summed E-state index contributed by atoms with van der Waals surface area (Å²) in [6.07, 6.45) is 50.6. The number of anilines is 1. The topological polar surface area (TPSA) is 37.4 Å². The van der Waals surface area contributed by atoms with Crippen LogP contribution >= 0.6 is 0 Å². The van der Waals surface area contributed by atoms with Gasteiger partial charge in [0.15, 0.2) is 9.84 Å². The van der Waals surface area contributed by atoms with Crippen molar-refractivity contribution in [1.29, 1.82) is 0 Å². The Morgan fingerprint density at radius 3 is 0.909 bits per heavy atom. The molecule has 0 N–H and O–H groups in total. The summed E-state index contributed by atoms with van der Waals surface area (Å²) >= 11 is 0. The van der Waals surface area contributed by atoms with Crippen molar-refractivity contribution < 1.29 is 8.42 Å². The van der Waals surface area contributed by atoms with Crippen LogP contribution in [0.1, 0.15) is 230 Å². The van der Waals surface area contributed by atoms with Gasteiger partial charge < -0.3 is 4.90 Å². The molecule has 0 aromatic heterocycles. The summed E-state index contributed by atoms with van der Waals surface area (Å²) in [4.78, 5) is 3.01. The first-order valence-corrected chi connectivity index (χ1v) is 25.7. The third-order valence-electron chi connectivity index (χ3n) is 11.6. The SMILES string of the molecule is CCCCCCCCCCCCCCCCCCN(CCCCCCCCCCCCCCCCCC)c1ccc(C=Cc2ccc(S(C)(=O)=O)cc2)cc1. The molecule has 314 valence electrons. The van der Waals surface area contributed by atoms with E-state index in [4.69, 9.17) is 0 Å². The fraction of sp³-hybridized carbons (Fsp3) is 0.725. The molecule has 0 fully saturated rings. The molecule has 0 heterocycles. The van der Waals surface area contributed by atoms with Crippen molar-refractivity contribution in [3.05, 3.63) is 59.7 Å². The predicted octanol–water partition coefficient (Wildman–Crippen LogP) is 16.6. The normalized spacial score (nSPS) is 11.9. The number of benzene rings is 2. The molecule has 0 radical (unpaired) electrons. The van der Waals surface area contributed by atoms with Crippen LogP contribution in [0.25, 0.3) is 12.2 Å². The number of nitrogens with zero attached hydrogens (tertiary/aromatic N) is 1. The number of rotatable bonds is 38. The van der Waals surface area contributed by atoms with Crippen molar-refractivity contribution in [3.63, 3.8) is 0 Å². The summed E-state index contributed by atoms with van der Waals surface area (Å²) in [6.45, 7) is 6.90. The molecule has 0 saturated heterocycles. The summed E-state index contributed by atoms with van der Waals surface area (Å²) in [6, 6.07) is 16.2. The third kappa shape index (κ3) is 27.2. The lowest BCUT2D eigenvalue weighted by molar-refractivity contribution is 0.524. The van der Waals surface area contributed by atoms with Gasteiger partial charge in [-0.2, -0.15) is 0 Å². The quantitative estimate of drug-likeness (QED) is 0.0503. The minimum atomic E-state index is -3.17. The lowest BCUT2D eigenvalue weighted by atomic mass is 10.0. The molecule has 0 unspecified atom stereocenters. The van der Waals surface area contributed by atoms with Crippen LogP contribution in [0.15, 0.2) is 53.4 Å². The maximum absolute atomic E-state index is 11.8. The van der Waals surface area contributed by atoms with Crippen molar-refractivity contribution in [2.24, 2.45) is 0 Å². The summed E-state index contributed by atoms with van der Waals surface area (Å²) in [7, 11) is -3.17. The van der Waals surface area contributed by atoms with Gasteiger partial charge in [0.2, 0.25) is 0 Å². The fourth-order valence-electron chi connectivity index (χ4n) is 7.89. The molecule has 0 spiro atoms. The van der Waals surface area contributed by atoms with Gasteiger partial charge in [-0.3, -0.25) is 0 Å². The minimum absolute atomic E-state index is 0.364. The van der Waals surface area contributed by atoms with Crippen LogP contribution in [-0.2, 0) is 9.84 Å². The molecule has 0 bridgehead atoms. The van der Waals surface area contributed by atoms with Gasteiger partial charge in [0.25, 0.3) is 0 Å². The van der Waals surface area contributed by atoms with E-state index in [-0.39, 0.29) is 0 Å². The Labute approximate surface area is 342 Å². The molecule has 0 atom stereocenters. The summed E-state index contributed by atoms with van der Waals surface area (Å²) in [5, 5.41) is 0. The zero-order valence-corrected chi connectivity index (χ0v) is 37.3. The monoisotopic (exact) mass is 778 g/mol. The van der Waals surface area contributed by atoms with Crippen LogP contribution in [-0.4, -0.2) is 27.8 Å². The van der Waals surface area contributed by atoms with Crippen molar-refractivity contribution in [2.45, 2.75) is 224 Å². The molecule has 0 aliphatic rings. The second kappa shape index (κ2) is 34.0. The van der Waals surface area contributed by atoms with Gasteiger partial charge in [0.05, 0.1) is 4.90 Å². The Balaban J connectivity index is 1.68. The molecular formula is C51H87NO2S. The van der Waals surface area contributed by atoms with E-state index in [0.29, 0.717) is 4.90 Å².